The highest BCUT2D eigenvalue weighted by Crippen LogP contribution is 2.35. The topological polar surface area (TPSA) is 43.8 Å². The minimum atomic E-state index is -0.238. The average Bonchev–Trinajstić information content (AvgIpc) is 2.45. The van der Waals surface area contributed by atoms with Crippen molar-refractivity contribution in [3.63, 3.8) is 0 Å². The molecule has 2 aliphatic rings. The number of anilines is 1. The monoisotopic (exact) mass is 288 g/mol. The molecule has 1 amide bonds. The molecule has 0 aromatic heterocycles. The van der Waals surface area contributed by atoms with Crippen molar-refractivity contribution in [1.82, 2.24) is 4.90 Å². The lowest BCUT2D eigenvalue weighted by Crippen LogP contribution is -2.55. The van der Waals surface area contributed by atoms with Gasteiger partial charge in [-0.3, -0.25) is 4.79 Å². The Morgan fingerprint density at radius 1 is 1.24 bits per heavy atom. The summed E-state index contributed by atoms with van der Waals surface area (Å²) in [6.07, 6.45) is 4.44. The van der Waals surface area contributed by atoms with Crippen LogP contribution in [-0.4, -0.2) is 48.2 Å². The third kappa shape index (κ3) is 2.77. The number of carbonyl (C=O) groups is 1. The molecule has 0 spiro atoms. The molecule has 0 saturated carbocycles. The quantitative estimate of drug-likeness (QED) is 0.908. The van der Waals surface area contributed by atoms with Gasteiger partial charge in [-0.1, -0.05) is 6.07 Å². The number of nitrogens with zero attached hydrogens (tertiary/aromatic N) is 2. The summed E-state index contributed by atoms with van der Waals surface area (Å²) >= 11 is 0. The van der Waals surface area contributed by atoms with E-state index in [1.807, 2.05) is 48.2 Å². The van der Waals surface area contributed by atoms with Gasteiger partial charge >= 0.3 is 0 Å². The van der Waals surface area contributed by atoms with Gasteiger partial charge in [-0.15, -0.1) is 0 Å². The zero-order valence-electron chi connectivity index (χ0n) is 12.8. The third-order valence-electron chi connectivity index (χ3n) is 4.79. The van der Waals surface area contributed by atoms with E-state index in [2.05, 4.69) is 0 Å². The number of carbonyl (C=O) groups excluding carboxylic acids is 1. The summed E-state index contributed by atoms with van der Waals surface area (Å²) < 4.78 is 0. The van der Waals surface area contributed by atoms with Gasteiger partial charge in [0.1, 0.15) is 0 Å². The van der Waals surface area contributed by atoms with E-state index in [4.69, 9.17) is 0 Å². The number of rotatable bonds is 2. The second-order valence-electron chi connectivity index (χ2n) is 6.52. The molecule has 0 radical (unpaired) electrons. The first kappa shape index (κ1) is 14.4. The van der Waals surface area contributed by atoms with Crippen LogP contribution in [0.25, 0.3) is 0 Å². The highest BCUT2D eigenvalue weighted by Gasteiger charge is 2.40. The lowest BCUT2D eigenvalue weighted by atomic mass is 9.82. The minimum absolute atomic E-state index is 0.125. The normalized spacial score (nSPS) is 28.3. The van der Waals surface area contributed by atoms with E-state index in [1.165, 1.54) is 6.42 Å². The molecular formula is C17H24N2O2. The van der Waals surface area contributed by atoms with E-state index in [0.29, 0.717) is 0 Å². The third-order valence-corrected chi connectivity index (χ3v) is 4.79. The second kappa shape index (κ2) is 5.68. The highest BCUT2D eigenvalue weighted by atomic mass is 16.3. The Labute approximate surface area is 126 Å². The molecule has 2 saturated heterocycles. The van der Waals surface area contributed by atoms with Crippen LogP contribution in [0.1, 0.15) is 42.5 Å². The fraction of sp³-hybridized carbons (Fsp3) is 0.588. The van der Waals surface area contributed by atoms with Crippen molar-refractivity contribution in [2.75, 3.05) is 19.0 Å². The zero-order chi connectivity index (χ0) is 15.0. The second-order valence-corrected chi connectivity index (χ2v) is 6.52. The molecule has 1 unspecified atom stereocenters. The molecule has 21 heavy (non-hydrogen) atoms. The van der Waals surface area contributed by atoms with E-state index in [9.17, 15) is 9.90 Å². The van der Waals surface area contributed by atoms with Crippen LogP contribution >= 0.6 is 0 Å². The van der Waals surface area contributed by atoms with Crippen LogP contribution in [0.3, 0.4) is 0 Å². The molecule has 1 aromatic carbocycles. The Bertz CT molecular complexity index is 515. The molecule has 2 aliphatic heterocycles. The Morgan fingerprint density at radius 3 is 2.52 bits per heavy atom. The van der Waals surface area contributed by atoms with Crippen molar-refractivity contribution in [2.45, 2.75) is 50.3 Å². The van der Waals surface area contributed by atoms with Gasteiger partial charge in [0.25, 0.3) is 5.91 Å². The maximum absolute atomic E-state index is 12.9. The lowest BCUT2D eigenvalue weighted by molar-refractivity contribution is -0.0150. The number of aliphatic hydroxyl groups excluding tert-OH is 1. The molecule has 3 rings (SSSR count). The summed E-state index contributed by atoms with van der Waals surface area (Å²) in [5, 5.41) is 9.96. The zero-order valence-corrected chi connectivity index (χ0v) is 12.8. The van der Waals surface area contributed by atoms with Crippen LogP contribution in [0.5, 0.6) is 0 Å². The fourth-order valence-electron chi connectivity index (χ4n) is 3.75. The molecule has 0 aliphatic carbocycles. The summed E-state index contributed by atoms with van der Waals surface area (Å²) in [5.41, 5.74) is 1.80. The van der Waals surface area contributed by atoms with E-state index in [1.54, 1.807) is 0 Å². The molecule has 2 heterocycles. The SMILES string of the molecule is CN(C)c1cccc(C(=O)N2[C@@H]3CCC[C@H]2CC(O)C3)c1. The lowest BCUT2D eigenvalue weighted by Gasteiger charge is -2.47. The number of hydrogen-bond acceptors (Lipinski definition) is 3. The Kier molecular flexibility index (Phi) is 3.89. The van der Waals surface area contributed by atoms with Crippen molar-refractivity contribution in [2.24, 2.45) is 0 Å². The molecule has 1 N–H and O–H groups in total. The summed E-state index contributed by atoms with van der Waals surface area (Å²) in [4.78, 5) is 17.0. The summed E-state index contributed by atoms with van der Waals surface area (Å²) in [6.45, 7) is 0. The smallest absolute Gasteiger partial charge is 0.254 e. The molecule has 2 bridgehead atoms. The number of hydrogen-bond donors (Lipinski definition) is 1. The van der Waals surface area contributed by atoms with Gasteiger partial charge in [-0.2, -0.15) is 0 Å². The van der Waals surface area contributed by atoms with Crippen LogP contribution in [-0.2, 0) is 0 Å². The average molecular weight is 288 g/mol. The van der Waals surface area contributed by atoms with Gasteiger partial charge in [0, 0.05) is 37.4 Å². The van der Waals surface area contributed by atoms with Crippen molar-refractivity contribution >= 4 is 11.6 Å². The van der Waals surface area contributed by atoms with Crippen LogP contribution in [0.15, 0.2) is 24.3 Å². The first-order valence-corrected chi connectivity index (χ1v) is 7.84. The van der Waals surface area contributed by atoms with E-state index >= 15 is 0 Å². The fourth-order valence-corrected chi connectivity index (χ4v) is 3.75. The Hall–Kier alpha value is -1.55. The van der Waals surface area contributed by atoms with Crippen LogP contribution in [0.2, 0.25) is 0 Å². The number of benzene rings is 1. The molecule has 4 heteroatoms. The van der Waals surface area contributed by atoms with Gasteiger partial charge < -0.3 is 14.9 Å². The first-order chi connectivity index (χ1) is 10.1. The van der Waals surface area contributed by atoms with Crippen LogP contribution in [0.4, 0.5) is 5.69 Å². The van der Waals surface area contributed by atoms with Gasteiger partial charge in [0.15, 0.2) is 0 Å². The largest absolute Gasteiger partial charge is 0.393 e. The minimum Gasteiger partial charge on any atom is -0.393 e. The predicted molar refractivity (Wildman–Crippen MR) is 83.6 cm³/mol. The van der Waals surface area contributed by atoms with Crippen LogP contribution in [0, 0.1) is 0 Å². The molecule has 114 valence electrons. The van der Waals surface area contributed by atoms with Crippen molar-refractivity contribution in [3.05, 3.63) is 29.8 Å². The number of amides is 1. The molecule has 4 nitrogen and oxygen atoms in total. The van der Waals surface area contributed by atoms with Crippen molar-refractivity contribution < 1.29 is 9.90 Å². The standard InChI is InChI=1S/C17H24N2O2/c1-18(2)13-6-3-5-12(9-13)17(21)19-14-7-4-8-15(19)11-16(20)10-14/h3,5-6,9,14-16,20H,4,7-8,10-11H2,1-2H3/t14-,15+,16?. The van der Waals surface area contributed by atoms with E-state index in [-0.39, 0.29) is 24.1 Å². The van der Waals surface area contributed by atoms with E-state index < -0.39 is 0 Å². The van der Waals surface area contributed by atoms with Gasteiger partial charge in [0.2, 0.25) is 0 Å². The number of fused-ring (bicyclic) bond motifs is 2. The number of aliphatic hydroxyl groups is 1. The summed E-state index contributed by atoms with van der Waals surface area (Å²) in [7, 11) is 3.96. The summed E-state index contributed by atoms with van der Waals surface area (Å²) in [5.74, 6) is 0.125. The van der Waals surface area contributed by atoms with Crippen LogP contribution < -0.4 is 4.90 Å². The maximum Gasteiger partial charge on any atom is 0.254 e. The Balaban J connectivity index is 1.86. The van der Waals surface area contributed by atoms with Crippen molar-refractivity contribution in [3.8, 4) is 0 Å². The molecule has 2 fully saturated rings. The molecular weight excluding hydrogens is 264 g/mol. The Morgan fingerprint density at radius 2 is 1.90 bits per heavy atom. The van der Waals surface area contributed by atoms with Crippen molar-refractivity contribution in [1.29, 1.82) is 0 Å². The van der Waals surface area contributed by atoms with Gasteiger partial charge in [0.05, 0.1) is 6.10 Å². The maximum atomic E-state index is 12.9. The van der Waals surface area contributed by atoms with E-state index in [0.717, 1.165) is 36.9 Å². The summed E-state index contributed by atoms with van der Waals surface area (Å²) in [6, 6.07) is 8.24. The highest BCUT2D eigenvalue weighted by molar-refractivity contribution is 5.95. The molecule has 3 atom stereocenters. The predicted octanol–water partition coefficient (Wildman–Crippen LogP) is 2.27. The number of piperidine rings is 2. The van der Waals surface area contributed by atoms with Gasteiger partial charge in [-0.25, -0.2) is 0 Å². The van der Waals surface area contributed by atoms with Gasteiger partial charge in [-0.05, 0) is 50.3 Å². The first-order valence-electron chi connectivity index (χ1n) is 7.84. The molecule has 1 aromatic rings.